The number of amides is 1. The first-order valence-electron chi connectivity index (χ1n) is 20.4. The zero-order chi connectivity index (χ0) is 45.9. The van der Waals surface area contributed by atoms with Crippen LogP contribution in [-0.4, -0.2) is 80.9 Å². The van der Waals surface area contributed by atoms with Crippen molar-refractivity contribution < 1.29 is 53.6 Å². The van der Waals surface area contributed by atoms with E-state index in [0.29, 0.717) is 28.2 Å². The molecule has 1 fully saturated rings. The van der Waals surface area contributed by atoms with Gasteiger partial charge < -0.3 is 28.7 Å². The van der Waals surface area contributed by atoms with Gasteiger partial charge in [0.15, 0.2) is 17.0 Å². The van der Waals surface area contributed by atoms with E-state index < -0.39 is 65.2 Å². The SMILES string of the molecule is COc1ccc(C(OC[C@H]2O[C@@H](n3cnc4c(NC(=O)c5ccccc5)ncnc43)C[C@@H]2O[Si](OS(=O)(=O)C(F)(F)F)(C(C)C)C(C)C)(c2ccccc2)c2ccc(OC)cc2)cc1. The van der Waals surface area contributed by atoms with E-state index in [-0.39, 0.29) is 30.0 Å². The highest BCUT2D eigenvalue weighted by Crippen LogP contribution is 2.46. The van der Waals surface area contributed by atoms with Crippen molar-refractivity contribution in [2.75, 3.05) is 26.1 Å². The van der Waals surface area contributed by atoms with Gasteiger partial charge in [0, 0.05) is 12.0 Å². The summed E-state index contributed by atoms with van der Waals surface area (Å²) in [5, 5.41) is 2.78. The molecule has 14 nitrogen and oxygen atoms in total. The molecule has 338 valence electrons. The molecule has 0 spiro atoms. The topological polar surface area (TPSA) is 162 Å². The van der Waals surface area contributed by atoms with Crippen molar-refractivity contribution in [1.29, 1.82) is 0 Å². The molecule has 19 heteroatoms. The number of nitrogens with zero attached hydrogens (tertiary/aromatic N) is 4. The van der Waals surface area contributed by atoms with Crippen LogP contribution in [0.2, 0.25) is 11.1 Å². The summed E-state index contributed by atoms with van der Waals surface area (Å²) in [6, 6.07) is 32.7. The van der Waals surface area contributed by atoms with E-state index in [1.807, 2.05) is 54.6 Å². The summed E-state index contributed by atoms with van der Waals surface area (Å²) in [7, 11) is -7.37. The van der Waals surface area contributed by atoms with Gasteiger partial charge in [0.25, 0.3) is 5.91 Å². The highest BCUT2D eigenvalue weighted by atomic mass is 32.2. The maximum Gasteiger partial charge on any atom is 0.522 e. The zero-order valence-electron chi connectivity index (χ0n) is 35.9. The lowest BCUT2D eigenvalue weighted by molar-refractivity contribution is -0.0934. The Labute approximate surface area is 370 Å². The predicted molar refractivity (Wildman–Crippen MR) is 233 cm³/mol. The van der Waals surface area contributed by atoms with Crippen LogP contribution >= 0.6 is 0 Å². The minimum absolute atomic E-state index is 0.0256. The highest BCUT2D eigenvalue weighted by molar-refractivity contribution is 7.88. The van der Waals surface area contributed by atoms with Gasteiger partial charge in [-0.2, -0.15) is 21.6 Å². The molecule has 0 saturated carbocycles. The molecule has 3 atom stereocenters. The standard InChI is InChI=1S/C45H48F3N5O9SSi/c1-29(2)64(30(3)4,62-63(55,56)45(46,47)48)61-37-25-39(53-28-51-40-41(49-27-50-42(40)53)52-43(54)31-13-9-7-10-14-31)60-38(37)26-59-44(32-15-11-8-12-16-32,33-17-21-35(57-5)22-18-33)34-19-23-36(58-6)24-20-34/h7-24,27-30,37-39H,25-26H2,1-6H3,(H,49,50,52,54)/t37-,38+,39+/m0/s1. The van der Waals surface area contributed by atoms with Gasteiger partial charge in [-0.1, -0.05) is 100 Å². The second kappa shape index (κ2) is 18.8. The highest BCUT2D eigenvalue weighted by Gasteiger charge is 2.59. The summed E-state index contributed by atoms with van der Waals surface area (Å²) in [6.45, 7) is 6.08. The molecular formula is C45H48F3N5O9SSi. The molecule has 1 aliphatic heterocycles. The van der Waals surface area contributed by atoms with Crippen LogP contribution in [0.15, 0.2) is 122 Å². The first-order chi connectivity index (χ1) is 30.5. The van der Waals surface area contributed by atoms with Crippen LogP contribution in [0.25, 0.3) is 11.2 Å². The molecule has 1 amide bonds. The number of aromatic nitrogens is 4. The minimum Gasteiger partial charge on any atom is -0.497 e. The second-order valence-corrected chi connectivity index (χ2v) is 21.7. The van der Waals surface area contributed by atoms with Crippen LogP contribution in [0.1, 0.15) is 67.4 Å². The Morgan fingerprint density at radius 1 is 0.812 bits per heavy atom. The van der Waals surface area contributed by atoms with Crippen LogP contribution < -0.4 is 14.8 Å². The summed E-state index contributed by atoms with van der Waals surface area (Å²) in [6.07, 6.45) is -0.402. The molecule has 0 bridgehead atoms. The number of halogens is 3. The molecule has 0 unspecified atom stereocenters. The number of fused-ring (bicyclic) bond motifs is 1. The fourth-order valence-electron chi connectivity index (χ4n) is 7.96. The number of hydrogen-bond donors (Lipinski definition) is 1. The Bertz CT molecular complexity index is 2580. The van der Waals surface area contributed by atoms with E-state index in [4.69, 9.17) is 27.2 Å². The molecule has 4 aromatic carbocycles. The lowest BCUT2D eigenvalue weighted by Gasteiger charge is -2.40. The van der Waals surface area contributed by atoms with E-state index >= 15 is 0 Å². The van der Waals surface area contributed by atoms with Gasteiger partial charge in [-0.3, -0.25) is 13.2 Å². The number of rotatable bonds is 17. The molecule has 64 heavy (non-hydrogen) atoms. The molecule has 1 N–H and O–H groups in total. The quantitative estimate of drug-likeness (QED) is 0.0526. The lowest BCUT2D eigenvalue weighted by Crippen LogP contribution is -2.55. The maximum absolute atomic E-state index is 14.1. The van der Waals surface area contributed by atoms with Gasteiger partial charge in [0.2, 0.25) is 0 Å². The Balaban J connectivity index is 1.32. The van der Waals surface area contributed by atoms with E-state index in [0.717, 1.165) is 5.56 Å². The van der Waals surface area contributed by atoms with Crippen molar-refractivity contribution in [2.45, 2.75) is 74.7 Å². The molecule has 2 aromatic heterocycles. The first-order valence-corrected chi connectivity index (χ1v) is 23.8. The van der Waals surface area contributed by atoms with Gasteiger partial charge in [0.1, 0.15) is 35.8 Å². The maximum atomic E-state index is 14.1. The van der Waals surface area contributed by atoms with Crippen molar-refractivity contribution in [1.82, 2.24) is 19.5 Å². The summed E-state index contributed by atoms with van der Waals surface area (Å²) in [5.41, 5.74) is -5.59. The molecule has 7 rings (SSSR count). The van der Waals surface area contributed by atoms with Crippen molar-refractivity contribution >= 4 is 41.6 Å². The average Bonchev–Trinajstić information content (AvgIpc) is 3.91. The van der Waals surface area contributed by atoms with Crippen molar-refractivity contribution in [3.63, 3.8) is 0 Å². The largest absolute Gasteiger partial charge is 0.522 e. The van der Waals surface area contributed by atoms with E-state index in [1.165, 1.54) is 12.7 Å². The van der Waals surface area contributed by atoms with Crippen LogP contribution in [0, 0.1) is 0 Å². The Kier molecular flexibility index (Phi) is 13.6. The molecule has 0 radical (unpaired) electrons. The van der Waals surface area contributed by atoms with Gasteiger partial charge >= 0.3 is 24.2 Å². The van der Waals surface area contributed by atoms with Crippen LogP contribution in [0.5, 0.6) is 11.5 Å². The number of carbonyl (C=O) groups excluding carboxylic acids is 1. The molecule has 1 saturated heterocycles. The van der Waals surface area contributed by atoms with Crippen molar-refractivity contribution in [3.8, 4) is 11.5 Å². The lowest BCUT2D eigenvalue weighted by atomic mass is 9.80. The number of nitrogens with one attached hydrogen (secondary N) is 1. The molecular weight excluding hydrogens is 872 g/mol. The summed E-state index contributed by atoms with van der Waals surface area (Å²) in [4.78, 5) is 26.4. The molecule has 3 heterocycles. The number of ether oxygens (including phenoxy) is 4. The number of anilines is 1. The predicted octanol–water partition coefficient (Wildman–Crippen LogP) is 8.91. The molecule has 0 aliphatic carbocycles. The normalized spacial score (nSPS) is 17.3. The van der Waals surface area contributed by atoms with Gasteiger partial charge in [-0.25, -0.2) is 15.0 Å². The Morgan fingerprint density at radius 3 is 1.89 bits per heavy atom. The number of methoxy groups -OCH3 is 2. The number of hydrogen-bond acceptors (Lipinski definition) is 12. The van der Waals surface area contributed by atoms with Crippen LogP contribution in [0.4, 0.5) is 19.0 Å². The average molecular weight is 920 g/mol. The van der Waals surface area contributed by atoms with Gasteiger partial charge in [0.05, 0.1) is 33.3 Å². The molecule has 1 aliphatic rings. The van der Waals surface area contributed by atoms with Gasteiger partial charge in [-0.15, -0.1) is 0 Å². The minimum atomic E-state index is -6.10. The smallest absolute Gasteiger partial charge is 0.497 e. The third-order valence-electron chi connectivity index (χ3n) is 11.2. The first kappa shape index (κ1) is 46.3. The third-order valence-corrected chi connectivity index (χ3v) is 17.6. The van der Waals surface area contributed by atoms with Crippen LogP contribution in [0.3, 0.4) is 0 Å². The fraction of sp³-hybridized carbons (Fsp3) is 0.333. The zero-order valence-corrected chi connectivity index (χ0v) is 37.7. The monoisotopic (exact) mass is 919 g/mol. The Hall–Kier alpha value is -5.70. The van der Waals surface area contributed by atoms with Crippen molar-refractivity contribution in [3.05, 3.63) is 144 Å². The molecule has 6 aromatic rings. The van der Waals surface area contributed by atoms with Gasteiger partial charge in [-0.05, 0) is 64.2 Å². The number of benzene rings is 4. The van der Waals surface area contributed by atoms with Crippen molar-refractivity contribution in [2.24, 2.45) is 0 Å². The summed E-state index contributed by atoms with van der Waals surface area (Å²) >= 11 is 0. The number of carbonyl (C=O) groups is 1. The Morgan fingerprint density at radius 2 is 1.36 bits per heavy atom. The number of alkyl halides is 3. The van der Waals surface area contributed by atoms with E-state index in [1.54, 1.807) is 101 Å². The fourth-order valence-corrected chi connectivity index (χ4v) is 14.0. The summed E-state index contributed by atoms with van der Waals surface area (Å²) < 4.78 is 106. The van der Waals surface area contributed by atoms with Crippen LogP contribution in [-0.2, 0) is 33.5 Å². The second-order valence-electron chi connectivity index (χ2n) is 15.7. The van der Waals surface area contributed by atoms with E-state index in [9.17, 15) is 26.4 Å². The number of imidazole rings is 1. The summed E-state index contributed by atoms with van der Waals surface area (Å²) in [5.74, 6) is 0.915. The van der Waals surface area contributed by atoms with E-state index in [2.05, 4.69) is 20.3 Å². The third kappa shape index (κ3) is 9.13.